The number of fused-ring (bicyclic) bond motifs is 4. The van der Waals surface area contributed by atoms with Crippen LogP contribution in [0.1, 0.15) is 11.1 Å². The molecule has 4 heterocycles. The fourth-order valence-corrected chi connectivity index (χ4v) is 4.08. The van der Waals surface area contributed by atoms with Gasteiger partial charge in [0.1, 0.15) is 0 Å². The normalized spacial score (nSPS) is 20.6. The van der Waals surface area contributed by atoms with E-state index in [1.165, 1.54) is 5.56 Å². The summed E-state index contributed by atoms with van der Waals surface area (Å²) in [6, 6.07) is 18.4. The largest absolute Gasteiger partial charge is 0.373 e. The molecule has 3 fully saturated rings. The number of benzene rings is 2. The Hall–Kier alpha value is -3.27. The van der Waals surface area contributed by atoms with Crippen LogP contribution < -0.4 is 10.2 Å². The highest BCUT2D eigenvalue weighted by Gasteiger charge is 2.33. The molecule has 30 heavy (non-hydrogen) atoms. The third-order valence-electron chi connectivity index (χ3n) is 5.80. The Labute approximate surface area is 176 Å². The van der Waals surface area contributed by atoms with Gasteiger partial charge in [0.2, 0.25) is 5.95 Å². The van der Waals surface area contributed by atoms with Crippen LogP contribution in [0.15, 0.2) is 54.7 Å². The summed E-state index contributed by atoms with van der Waals surface area (Å²) in [6.45, 7) is 5.28. The predicted octanol–water partition coefficient (Wildman–Crippen LogP) is 3.17. The second-order valence-electron chi connectivity index (χ2n) is 7.91. The maximum atomic E-state index is 9.16. The van der Waals surface area contributed by atoms with Crippen molar-refractivity contribution in [3.8, 4) is 28.5 Å². The predicted molar refractivity (Wildman–Crippen MR) is 116 cm³/mol. The van der Waals surface area contributed by atoms with Crippen LogP contribution in [0.3, 0.4) is 0 Å². The number of anilines is 1. The maximum absolute atomic E-state index is 9.16. The van der Waals surface area contributed by atoms with Gasteiger partial charge in [0, 0.05) is 37.0 Å². The zero-order valence-corrected chi connectivity index (χ0v) is 16.9. The molecule has 0 spiro atoms. The van der Waals surface area contributed by atoms with Crippen molar-refractivity contribution >= 4 is 5.95 Å². The van der Waals surface area contributed by atoms with Crippen LogP contribution in [0.2, 0.25) is 0 Å². The van der Waals surface area contributed by atoms with Gasteiger partial charge in [-0.3, -0.25) is 0 Å². The topological polar surface area (TPSA) is 74.1 Å². The van der Waals surface area contributed by atoms with Gasteiger partial charge in [-0.2, -0.15) is 5.26 Å². The van der Waals surface area contributed by atoms with Crippen molar-refractivity contribution in [1.82, 2.24) is 15.3 Å². The van der Waals surface area contributed by atoms with Crippen molar-refractivity contribution in [1.29, 1.82) is 5.26 Å². The summed E-state index contributed by atoms with van der Waals surface area (Å²) in [6.07, 6.45) is 2.08. The molecule has 150 valence electrons. The van der Waals surface area contributed by atoms with Gasteiger partial charge in [0.05, 0.1) is 36.1 Å². The number of aryl methyl sites for hydroxylation is 1. The lowest BCUT2D eigenvalue weighted by Crippen LogP contribution is -2.50. The Bertz CT molecular complexity index is 1080. The summed E-state index contributed by atoms with van der Waals surface area (Å²) in [5.41, 5.74) is 5.76. The summed E-state index contributed by atoms with van der Waals surface area (Å²) in [7, 11) is 0. The van der Waals surface area contributed by atoms with Crippen LogP contribution in [-0.4, -0.2) is 48.4 Å². The van der Waals surface area contributed by atoms with Crippen molar-refractivity contribution < 1.29 is 4.74 Å². The van der Waals surface area contributed by atoms with Gasteiger partial charge in [-0.15, -0.1) is 0 Å². The van der Waals surface area contributed by atoms with E-state index >= 15 is 0 Å². The summed E-state index contributed by atoms with van der Waals surface area (Å²) >= 11 is 0. The average molecular weight is 397 g/mol. The monoisotopic (exact) mass is 397 g/mol. The molecular formula is C24H23N5O. The van der Waals surface area contributed by atoms with E-state index < -0.39 is 0 Å². The average Bonchev–Trinajstić information content (AvgIpc) is 3.15. The molecule has 3 saturated heterocycles. The molecule has 6 rings (SSSR count). The Morgan fingerprint density at radius 2 is 1.83 bits per heavy atom. The molecule has 6 heteroatoms. The Morgan fingerprint density at radius 3 is 2.60 bits per heavy atom. The van der Waals surface area contributed by atoms with E-state index in [0.29, 0.717) is 12.2 Å². The molecule has 2 bridgehead atoms. The van der Waals surface area contributed by atoms with E-state index in [1.807, 2.05) is 30.5 Å². The molecule has 1 aromatic heterocycles. The van der Waals surface area contributed by atoms with Crippen LogP contribution in [0.25, 0.3) is 22.4 Å². The minimum atomic E-state index is 0.155. The maximum Gasteiger partial charge on any atom is 0.226 e. The van der Waals surface area contributed by atoms with Gasteiger partial charge >= 0.3 is 0 Å². The van der Waals surface area contributed by atoms with E-state index in [2.05, 4.69) is 47.5 Å². The molecule has 3 aromatic rings. The number of hydrogen-bond donors (Lipinski definition) is 1. The Balaban J connectivity index is 1.61. The Kier molecular flexibility index (Phi) is 4.91. The highest BCUT2D eigenvalue weighted by atomic mass is 16.5. The molecular weight excluding hydrogens is 374 g/mol. The molecule has 6 nitrogen and oxygen atoms in total. The number of rotatable bonds is 3. The summed E-state index contributed by atoms with van der Waals surface area (Å²) < 4.78 is 5.91. The first-order valence-corrected chi connectivity index (χ1v) is 10.2. The first-order valence-electron chi connectivity index (χ1n) is 10.2. The summed E-state index contributed by atoms with van der Waals surface area (Å²) in [5.74, 6) is 0.729. The second-order valence-corrected chi connectivity index (χ2v) is 7.91. The van der Waals surface area contributed by atoms with E-state index in [1.54, 1.807) is 0 Å². The van der Waals surface area contributed by atoms with Crippen LogP contribution >= 0.6 is 0 Å². The third-order valence-corrected chi connectivity index (χ3v) is 5.80. The van der Waals surface area contributed by atoms with Gasteiger partial charge in [-0.05, 0) is 24.6 Å². The van der Waals surface area contributed by atoms with Crippen molar-refractivity contribution in [2.24, 2.45) is 0 Å². The molecule has 0 amide bonds. The fourth-order valence-electron chi connectivity index (χ4n) is 4.08. The van der Waals surface area contributed by atoms with Gasteiger partial charge in [-0.1, -0.05) is 42.0 Å². The van der Waals surface area contributed by atoms with Crippen molar-refractivity contribution in [3.63, 3.8) is 0 Å². The van der Waals surface area contributed by atoms with Gasteiger partial charge in [0.15, 0.2) is 0 Å². The second kappa shape index (κ2) is 7.86. The summed E-state index contributed by atoms with van der Waals surface area (Å²) in [4.78, 5) is 12.1. The van der Waals surface area contributed by atoms with E-state index in [-0.39, 0.29) is 12.1 Å². The molecule has 0 saturated carbocycles. The quantitative estimate of drug-likeness (QED) is 0.732. The minimum absolute atomic E-state index is 0.155. The van der Waals surface area contributed by atoms with E-state index in [4.69, 9.17) is 20.0 Å². The van der Waals surface area contributed by atoms with E-state index in [9.17, 15) is 0 Å². The lowest BCUT2D eigenvalue weighted by molar-refractivity contribution is 0.0385. The number of hydrogen-bond acceptors (Lipinski definition) is 6. The third kappa shape index (κ3) is 3.54. The standard InChI is InChI=1S/C24H23N5O/c1-16-2-6-18(7-3-16)22-13-27-24(29-14-21-12-26-11-20(29)15-30-21)28-23(22)19-8-4-17(10-25)5-9-19/h2-9,13,20-21,26H,11-12,14-15H2,1H3. The minimum Gasteiger partial charge on any atom is -0.373 e. The molecule has 3 aliphatic heterocycles. The molecule has 3 aliphatic rings. The first kappa shape index (κ1) is 18.7. The van der Waals surface area contributed by atoms with Crippen LogP contribution in [-0.2, 0) is 4.74 Å². The van der Waals surface area contributed by atoms with Crippen molar-refractivity contribution in [2.75, 3.05) is 31.1 Å². The Morgan fingerprint density at radius 1 is 1.07 bits per heavy atom. The summed E-state index contributed by atoms with van der Waals surface area (Å²) in [5, 5.41) is 12.6. The van der Waals surface area contributed by atoms with Gasteiger partial charge < -0.3 is 15.0 Å². The number of ether oxygens (including phenoxy) is 1. The molecule has 2 unspecified atom stereocenters. The fraction of sp³-hybridized carbons (Fsp3) is 0.292. The lowest BCUT2D eigenvalue weighted by atomic mass is 9.99. The number of nitrogens with one attached hydrogen (secondary N) is 1. The first-order chi connectivity index (χ1) is 14.7. The van der Waals surface area contributed by atoms with Gasteiger partial charge in [-0.25, -0.2) is 9.97 Å². The van der Waals surface area contributed by atoms with Crippen LogP contribution in [0.4, 0.5) is 5.95 Å². The van der Waals surface area contributed by atoms with E-state index in [0.717, 1.165) is 48.0 Å². The molecule has 2 atom stereocenters. The molecule has 0 aliphatic carbocycles. The SMILES string of the molecule is Cc1ccc(-c2cnc(N3CC4CNCC3CO4)nc2-c2ccc(C#N)cc2)cc1. The van der Waals surface area contributed by atoms with Crippen LogP contribution in [0.5, 0.6) is 0 Å². The van der Waals surface area contributed by atoms with Crippen LogP contribution in [0, 0.1) is 18.3 Å². The lowest BCUT2D eigenvalue weighted by Gasteiger charge is -2.36. The molecule has 2 aromatic carbocycles. The zero-order valence-electron chi connectivity index (χ0n) is 16.9. The van der Waals surface area contributed by atoms with Crippen molar-refractivity contribution in [3.05, 3.63) is 65.9 Å². The molecule has 1 N–H and O–H groups in total. The highest BCUT2D eigenvalue weighted by molar-refractivity contribution is 5.81. The molecule has 0 radical (unpaired) electrons. The number of nitrogens with zero attached hydrogens (tertiary/aromatic N) is 4. The smallest absolute Gasteiger partial charge is 0.226 e. The van der Waals surface area contributed by atoms with Gasteiger partial charge in [0.25, 0.3) is 0 Å². The van der Waals surface area contributed by atoms with Crippen molar-refractivity contribution in [2.45, 2.75) is 19.1 Å². The number of nitriles is 1. The number of morpholine rings is 1. The highest BCUT2D eigenvalue weighted by Crippen LogP contribution is 2.33. The zero-order chi connectivity index (χ0) is 20.5. The number of aromatic nitrogens is 2.